The molecule has 28 heavy (non-hydrogen) atoms. The van der Waals surface area contributed by atoms with Crippen molar-refractivity contribution in [2.75, 3.05) is 4.90 Å². The average Bonchev–Trinajstić information content (AvgIpc) is 3.24. The maximum Gasteiger partial charge on any atom is 0.295 e. The van der Waals surface area contributed by atoms with Crippen LogP contribution in [0.25, 0.3) is 0 Å². The number of amides is 1. The lowest BCUT2D eigenvalue weighted by Gasteiger charge is -2.36. The molecule has 1 aromatic carbocycles. The van der Waals surface area contributed by atoms with Gasteiger partial charge < -0.3 is 9.26 Å². The summed E-state index contributed by atoms with van der Waals surface area (Å²) in [6, 6.07) is 10.3. The van der Waals surface area contributed by atoms with Crippen LogP contribution in [0.5, 0.6) is 0 Å². The van der Waals surface area contributed by atoms with Crippen LogP contribution < -0.4 is 4.90 Å². The van der Waals surface area contributed by atoms with Gasteiger partial charge in [-0.2, -0.15) is 0 Å². The molecule has 4 unspecified atom stereocenters. The number of nitrogens with zero attached hydrogens (tertiary/aromatic N) is 2. The predicted molar refractivity (Wildman–Crippen MR) is 97.1 cm³/mol. The summed E-state index contributed by atoms with van der Waals surface area (Å²) in [6.07, 6.45) is -0.547. The summed E-state index contributed by atoms with van der Waals surface area (Å²) in [7, 11) is 0. The maximum atomic E-state index is 14.0. The molecular formula is C21H19FN2O4. The molecule has 2 aromatic rings. The normalized spacial score (nSPS) is 29.6. The molecule has 0 spiro atoms. The van der Waals surface area contributed by atoms with Crippen LogP contribution in [0.4, 0.5) is 10.2 Å². The van der Waals surface area contributed by atoms with Crippen LogP contribution in [-0.4, -0.2) is 29.1 Å². The second-order valence-electron chi connectivity index (χ2n) is 7.56. The van der Waals surface area contributed by atoms with Gasteiger partial charge in [0, 0.05) is 6.07 Å². The number of Topliss-reactive ketones (excluding diaryl/α,β-unsaturated/α-hetero) is 1. The van der Waals surface area contributed by atoms with E-state index in [1.807, 2.05) is 30.3 Å². The SMILES string of the molecule is Cc1cc(N2C(=O)C3=C(C(=O)C4CC(F)CCC4O3)C2c2ccccc2)no1. The summed E-state index contributed by atoms with van der Waals surface area (Å²) in [5.41, 5.74) is 1.07. The average molecular weight is 382 g/mol. The van der Waals surface area contributed by atoms with Gasteiger partial charge in [0.25, 0.3) is 5.91 Å². The molecule has 0 N–H and O–H groups in total. The number of carbonyl (C=O) groups is 2. The predicted octanol–water partition coefficient (Wildman–Crippen LogP) is 3.43. The number of aromatic nitrogens is 1. The monoisotopic (exact) mass is 382 g/mol. The zero-order valence-electron chi connectivity index (χ0n) is 15.3. The summed E-state index contributed by atoms with van der Waals surface area (Å²) < 4.78 is 25.1. The van der Waals surface area contributed by atoms with Crippen molar-refractivity contribution in [1.29, 1.82) is 0 Å². The summed E-state index contributed by atoms with van der Waals surface area (Å²) in [5, 5.41) is 3.99. The third-order valence-corrected chi connectivity index (χ3v) is 5.76. The Kier molecular flexibility index (Phi) is 3.86. The van der Waals surface area contributed by atoms with Gasteiger partial charge in [0.2, 0.25) is 0 Å². The van der Waals surface area contributed by atoms with Crippen LogP contribution in [0.15, 0.2) is 52.3 Å². The van der Waals surface area contributed by atoms with Crippen molar-refractivity contribution in [2.45, 2.75) is 44.5 Å². The lowest BCUT2D eigenvalue weighted by Crippen LogP contribution is -2.42. The highest BCUT2D eigenvalue weighted by Crippen LogP contribution is 2.48. The van der Waals surface area contributed by atoms with E-state index >= 15 is 0 Å². The number of alkyl halides is 1. The fourth-order valence-corrected chi connectivity index (χ4v) is 4.47. The number of fused-ring (bicyclic) bond motifs is 1. The number of ketones is 1. The minimum Gasteiger partial charge on any atom is -0.483 e. The van der Waals surface area contributed by atoms with E-state index in [4.69, 9.17) is 9.26 Å². The Bertz CT molecular complexity index is 983. The molecule has 0 radical (unpaired) electrons. The van der Waals surface area contributed by atoms with Crippen molar-refractivity contribution in [3.05, 3.63) is 59.1 Å². The summed E-state index contributed by atoms with van der Waals surface area (Å²) >= 11 is 0. The Morgan fingerprint density at radius 3 is 2.68 bits per heavy atom. The minimum absolute atomic E-state index is 0.0677. The van der Waals surface area contributed by atoms with Gasteiger partial charge >= 0.3 is 0 Å². The Morgan fingerprint density at radius 1 is 1.18 bits per heavy atom. The zero-order valence-corrected chi connectivity index (χ0v) is 15.3. The van der Waals surface area contributed by atoms with Crippen LogP contribution in [0.2, 0.25) is 0 Å². The van der Waals surface area contributed by atoms with E-state index in [2.05, 4.69) is 5.16 Å². The largest absolute Gasteiger partial charge is 0.483 e. The number of aryl methyl sites for hydroxylation is 1. The zero-order chi connectivity index (χ0) is 19.4. The molecular weight excluding hydrogens is 363 g/mol. The van der Waals surface area contributed by atoms with E-state index in [0.29, 0.717) is 30.0 Å². The number of ether oxygens (including phenoxy) is 1. The first-order valence-corrected chi connectivity index (χ1v) is 9.45. The highest BCUT2D eigenvalue weighted by molar-refractivity contribution is 6.17. The Balaban J connectivity index is 1.64. The number of benzene rings is 1. The third-order valence-electron chi connectivity index (χ3n) is 5.76. The van der Waals surface area contributed by atoms with E-state index in [-0.39, 0.29) is 18.0 Å². The first-order valence-electron chi connectivity index (χ1n) is 9.45. The van der Waals surface area contributed by atoms with Crippen LogP contribution >= 0.6 is 0 Å². The number of halogens is 1. The number of carbonyl (C=O) groups excluding carboxylic acids is 2. The molecule has 6 nitrogen and oxygen atoms in total. The summed E-state index contributed by atoms with van der Waals surface area (Å²) in [6.45, 7) is 1.74. The second-order valence-corrected chi connectivity index (χ2v) is 7.56. The molecule has 3 heterocycles. The summed E-state index contributed by atoms with van der Waals surface area (Å²) in [4.78, 5) is 28.1. The van der Waals surface area contributed by atoms with Crippen molar-refractivity contribution < 1.29 is 23.2 Å². The molecule has 2 aliphatic heterocycles. The van der Waals surface area contributed by atoms with E-state index in [1.54, 1.807) is 13.0 Å². The van der Waals surface area contributed by atoms with Crippen molar-refractivity contribution >= 4 is 17.5 Å². The highest BCUT2D eigenvalue weighted by atomic mass is 19.1. The Morgan fingerprint density at radius 2 is 1.96 bits per heavy atom. The Labute approximate surface area is 160 Å². The smallest absolute Gasteiger partial charge is 0.295 e. The van der Waals surface area contributed by atoms with Crippen molar-refractivity contribution in [1.82, 2.24) is 5.16 Å². The third kappa shape index (κ3) is 2.49. The van der Waals surface area contributed by atoms with Gasteiger partial charge in [0.1, 0.15) is 18.0 Å². The molecule has 4 atom stereocenters. The van der Waals surface area contributed by atoms with E-state index in [0.717, 1.165) is 5.56 Å². The van der Waals surface area contributed by atoms with Gasteiger partial charge in [-0.25, -0.2) is 4.39 Å². The van der Waals surface area contributed by atoms with Gasteiger partial charge in [-0.3, -0.25) is 14.5 Å². The second kappa shape index (κ2) is 6.29. The van der Waals surface area contributed by atoms with E-state index < -0.39 is 30.1 Å². The van der Waals surface area contributed by atoms with Crippen LogP contribution in [0, 0.1) is 12.8 Å². The van der Waals surface area contributed by atoms with Crippen molar-refractivity contribution in [3.8, 4) is 0 Å². The highest BCUT2D eigenvalue weighted by Gasteiger charge is 2.53. The van der Waals surface area contributed by atoms with Crippen molar-refractivity contribution in [2.24, 2.45) is 5.92 Å². The molecule has 5 rings (SSSR count). The molecule has 3 aliphatic rings. The molecule has 1 saturated carbocycles. The van der Waals surface area contributed by atoms with Crippen LogP contribution in [-0.2, 0) is 14.3 Å². The standard InChI is InChI=1S/C21H19FN2O4/c1-11-9-16(23-28-11)24-18(12-5-3-2-4-6-12)17-19(25)14-10-13(22)7-8-15(14)27-20(17)21(24)26/h2-6,9,13-15,18H,7-8,10H2,1H3. The van der Waals surface area contributed by atoms with Gasteiger partial charge in [-0.15, -0.1) is 0 Å². The summed E-state index contributed by atoms with van der Waals surface area (Å²) in [5.74, 6) is -0.211. The first kappa shape index (κ1) is 17.2. The molecule has 7 heteroatoms. The quantitative estimate of drug-likeness (QED) is 0.796. The molecule has 1 amide bonds. The Hall–Kier alpha value is -2.96. The number of hydrogen-bond acceptors (Lipinski definition) is 5. The molecule has 144 valence electrons. The van der Waals surface area contributed by atoms with Gasteiger partial charge in [0.15, 0.2) is 17.4 Å². The van der Waals surface area contributed by atoms with Gasteiger partial charge in [0.05, 0.1) is 17.5 Å². The van der Waals surface area contributed by atoms with Crippen LogP contribution in [0.1, 0.15) is 36.6 Å². The first-order chi connectivity index (χ1) is 13.5. The lowest BCUT2D eigenvalue weighted by atomic mass is 9.77. The fourth-order valence-electron chi connectivity index (χ4n) is 4.47. The number of anilines is 1. The molecule has 1 aromatic heterocycles. The van der Waals surface area contributed by atoms with Gasteiger partial charge in [-0.1, -0.05) is 35.5 Å². The van der Waals surface area contributed by atoms with E-state index in [1.165, 1.54) is 4.90 Å². The minimum atomic E-state index is -1.02. The lowest BCUT2D eigenvalue weighted by molar-refractivity contribution is -0.133. The molecule has 0 bridgehead atoms. The van der Waals surface area contributed by atoms with Crippen LogP contribution in [0.3, 0.4) is 0 Å². The van der Waals surface area contributed by atoms with Crippen molar-refractivity contribution in [3.63, 3.8) is 0 Å². The fraction of sp³-hybridized carbons (Fsp3) is 0.381. The molecule has 1 fully saturated rings. The maximum absolute atomic E-state index is 14.0. The number of hydrogen-bond donors (Lipinski definition) is 0. The molecule has 1 aliphatic carbocycles. The number of rotatable bonds is 2. The topological polar surface area (TPSA) is 72.6 Å². The molecule has 0 saturated heterocycles. The van der Waals surface area contributed by atoms with E-state index in [9.17, 15) is 14.0 Å². The van der Waals surface area contributed by atoms with Gasteiger partial charge in [-0.05, 0) is 31.7 Å².